The van der Waals surface area contributed by atoms with Gasteiger partial charge < -0.3 is 5.32 Å². The Morgan fingerprint density at radius 2 is 2.18 bits per heavy atom. The third-order valence-electron chi connectivity index (χ3n) is 3.20. The molecule has 17 heavy (non-hydrogen) atoms. The number of hydrogen-bond acceptors (Lipinski definition) is 3. The lowest BCUT2D eigenvalue weighted by Gasteiger charge is -2.25. The highest BCUT2D eigenvalue weighted by atomic mass is 19.1. The van der Waals surface area contributed by atoms with Gasteiger partial charge in [0.05, 0.1) is 11.0 Å². The molecule has 1 aromatic carbocycles. The normalized spacial score (nSPS) is 15.4. The average molecular weight is 238 g/mol. The second kappa shape index (κ2) is 5.12. The van der Waals surface area contributed by atoms with Crippen molar-refractivity contribution in [1.82, 2.24) is 0 Å². The van der Waals surface area contributed by atoms with E-state index in [1.165, 1.54) is 31.4 Å². The molecule has 0 heterocycles. The van der Waals surface area contributed by atoms with Gasteiger partial charge in [0.25, 0.3) is 5.69 Å². The molecule has 0 spiro atoms. The molecule has 0 radical (unpaired) electrons. The molecule has 2 rings (SSSR count). The lowest BCUT2D eigenvalue weighted by Crippen LogP contribution is -2.15. The van der Waals surface area contributed by atoms with E-state index in [1.54, 1.807) is 0 Å². The van der Waals surface area contributed by atoms with E-state index >= 15 is 0 Å². The number of nitrogens with zero attached hydrogens (tertiary/aromatic N) is 1. The monoisotopic (exact) mass is 238 g/mol. The molecule has 0 amide bonds. The van der Waals surface area contributed by atoms with Gasteiger partial charge in [0.2, 0.25) is 0 Å². The lowest BCUT2D eigenvalue weighted by molar-refractivity contribution is -0.385. The molecule has 0 aromatic heterocycles. The van der Waals surface area contributed by atoms with E-state index in [0.29, 0.717) is 5.69 Å². The molecule has 0 saturated heterocycles. The molecule has 0 unspecified atom stereocenters. The van der Waals surface area contributed by atoms with Gasteiger partial charge in [-0.2, -0.15) is 0 Å². The molecule has 5 heteroatoms. The summed E-state index contributed by atoms with van der Waals surface area (Å²) >= 11 is 0. The van der Waals surface area contributed by atoms with Crippen molar-refractivity contribution in [2.24, 2.45) is 5.92 Å². The third kappa shape index (κ3) is 3.15. The molecule has 0 bridgehead atoms. The van der Waals surface area contributed by atoms with Crippen LogP contribution in [0.25, 0.3) is 0 Å². The predicted molar refractivity (Wildman–Crippen MR) is 63.5 cm³/mol. The minimum Gasteiger partial charge on any atom is -0.385 e. The largest absolute Gasteiger partial charge is 0.385 e. The van der Waals surface area contributed by atoms with Gasteiger partial charge >= 0.3 is 0 Å². The second-order valence-corrected chi connectivity index (χ2v) is 4.47. The maximum Gasteiger partial charge on any atom is 0.274 e. The first-order chi connectivity index (χ1) is 8.15. The van der Waals surface area contributed by atoms with Crippen LogP contribution in [0.4, 0.5) is 15.8 Å². The van der Waals surface area contributed by atoms with E-state index in [4.69, 9.17) is 0 Å². The number of anilines is 1. The molecule has 1 N–H and O–H groups in total. The Morgan fingerprint density at radius 3 is 2.76 bits per heavy atom. The molecule has 0 aliphatic heterocycles. The number of rotatable bonds is 5. The summed E-state index contributed by atoms with van der Waals surface area (Å²) in [5.41, 5.74) is 0.271. The Kier molecular flexibility index (Phi) is 3.56. The van der Waals surface area contributed by atoms with Crippen LogP contribution >= 0.6 is 0 Å². The first-order valence-corrected chi connectivity index (χ1v) is 5.84. The Bertz CT molecular complexity index is 419. The van der Waals surface area contributed by atoms with Crippen LogP contribution in [0.15, 0.2) is 18.2 Å². The molecule has 1 aromatic rings. The Morgan fingerprint density at radius 1 is 1.41 bits per heavy atom. The van der Waals surface area contributed by atoms with Crippen molar-refractivity contribution in [3.63, 3.8) is 0 Å². The highest BCUT2D eigenvalue weighted by Crippen LogP contribution is 2.29. The van der Waals surface area contributed by atoms with Crippen molar-refractivity contribution in [2.75, 3.05) is 11.9 Å². The van der Waals surface area contributed by atoms with Crippen LogP contribution in [-0.4, -0.2) is 11.5 Å². The predicted octanol–water partition coefficient (Wildman–Crippen LogP) is 3.34. The molecule has 1 aliphatic rings. The molecular formula is C12H15FN2O2. The van der Waals surface area contributed by atoms with Crippen LogP contribution in [0.1, 0.15) is 25.7 Å². The first kappa shape index (κ1) is 11.8. The summed E-state index contributed by atoms with van der Waals surface area (Å²) < 4.78 is 13.1. The number of hydrogen-bond donors (Lipinski definition) is 1. The van der Waals surface area contributed by atoms with Crippen molar-refractivity contribution >= 4 is 11.4 Å². The average Bonchev–Trinajstić information content (AvgIpc) is 2.21. The fourth-order valence-electron chi connectivity index (χ4n) is 1.98. The summed E-state index contributed by atoms with van der Waals surface area (Å²) in [5.74, 6) is 0.191. The Labute approximate surface area is 99.0 Å². The standard InChI is InChI=1S/C12H15FN2O2/c13-10-6-11(8-12(7-10)15(16)17)14-5-4-9-2-1-3-9/h6-9,14H,1-5H2. The quantitative estimate of drug-likeness (QED) is 0.632. The smallest absolute Gasteiger partial charge is 0.274 e. The van der Waals surface area contributed by atoms with E-state index < -0.39 is 10.7 Å². The van der Waals surface area contributed by atoms with Crippen LogP contribution < -0.4 is 5.32 Å². The van der Waals surface area contributed by atoms with Crippen LogP contribution in [0.2, 0.25) is 0 Å². The van der Waals surface area contributed by atoms with E-state index in [0.717, 1.165) is 24.9 Å². The number of nitrogens with one attached hydrogen (secondary N) is 1. The summed E-state index contributed by atoms with van der Waals surface area (Å²) in [6.07, 6.45) is 4.89. The summed E-state index contributed by atoms with van der Waals surface area (Å²) in [6.45, 7) is 0.741. The Balaban J connectivity index is 1.92. The zero-order valence-electron chi connectivity index (χ0n) is 9.49. The van der Waals surface area contributed by atoms with Crippen molar-refractivity contribution in [1.29, 1.82) is 0 Å². The second-order valence-electron chi connectivity index (χ2n) is 4.47. The number of halogens is 1. The summed E-state index contributed by atoms with van der Waals surface area (Å²) in [5, 5.41) is 13.6. The highest BCUT2D eigenvalue weighted by molar-refractivity contribution is 5.51. The minimum absolute atomic E-state index is 0.212. The summed E-state index contributed by atoms with van der Waals surface area (Å²) in [4.78, 5) is 9.97. The molecule has 1 saturated carbocycles. The van der Waals surface area contributed by atoms with Gasteiger partial charge in [-0.15, -0.1) is 0 Å². The van der Waals surface area contributed by atoms with E-state index in [1.807, 2.05) is 0 Å². The van der Waals surface area contributed by atoms with Gasteiger partial charge in [-0.05, 0) is 18.4 Å². The number of nitro benzene ring substituents is 1. The van der Waals surface area contributed by atoms with Gasteiger partial charge in [0, 0.05) is 18.3 Å². The lowest BCUT2D eigenvalue weighted by atomic mass is 9.83. The molecule has 1 aliphatic carbocycles. The van der Waals surface area contributed by atoms with Crippen LogP contribution in [0.5, 0.6) is 0 Å². The van der Waals surface area contributed by atoms with Crippen LogP contribution in [-0.2, 0) is 0 Å². The van der Waals surface area contributed by atoms with Crippen LogP contribution in [0, 0.1) is 21.8 Å². The van der Waals surface area contributed by atoms with Gasteiger partial charge in [-0.25, -0.2) is 4.39 Å². The highest BCUT2D eigenvalue weighted by Gasteiger charge is 2.16. The molecular weight excluding hydrogens is 223 g/mol. The SMILES string of the molecule is O=[N+]([O-])c1cc(F)cc(NCCC2CCC2)c1. The van der Waals surface area contributed by atoms with Crippen molar-refractivity contribution < 1.29 is 9.31 Å². The Hall–Kier alpha value is -1.65. The number of benzene rings is 1. The van der Waals surface area contributed by atoms with Crippen molar-refractivity contribution in [3.8, 4) is 0 Å². The summed E-state index contributed by atoms with van der Waals surface area (Å²) in [7, 11) is 0. The summed E-state index contributed by atoms with van der Waals surface area (Å²) in [6, 6.07) is 3.58. The number of nitro groups is 1. The third-order valence-corrected chi connectivity index (χ3v) is 3.20. The molecule has 4 nitrogen and oxygen atoms in total. The zero-order valence-corrected chi connectivity index (χ0v) is 9.49. The first-order valence-electron chi connectivity index (χ1n) is 5.84. The molecule has 92 valence electrons. The van der Waals surface area contributed by atoms with Gasteiger partial charge in [0.15, 0.2) is 0 Å². The van der Waals surface area contributed by atoms with E-state index in [9.17, 15) is 14.5 Å². The number of non-ortho nitro benzene ring substituents is 1. The maximum absolute atomic E-state index is 13.1. The van der Waals surface area contributed by atoms with Crippen molar-refractivity contribution in [3.05, 3.63) is 34.1 Å². The fraction of sp³-hybridized carbons (Fsp3) is 0.500. The van der Waals surface area contributed by atoms with Gasteiger partial charge in [-0.1, -0.05) is 19.3 Å². The van der Waals surface area contributed by atoms with Crippen LogP contribution in [0.3, 0.4) is 0 Å². The zero-order chi connectivity index (χ0) is 12.3. The molecule has 1 fully saturated rings. The topological polar surface area (TPSA) is 55.2 Å². The van der Waals surface area contributed by atoms with Gasteiger partial charge in [0.1, 0.15) is 5.82 Å². The van der Waals surface area contributed by atoms with E-state index in [2.05, 4.69) is 5.32 Å². The van der Waals surface area contributed by atoms with E-state index in [-0.39, 0.29) is 5.69 Å². The maximum atomic E-state index is 13.1. The van der Waals surface area contributed by atoms with Crippen molar-refractivity contribution in [2.45, 2.75) is 25.7 Å². The van der Waals surface area contributed by atoms with Gasteiger partial charge in [-0.3, -0.25) is 10.1 Å². The minimum atomic E-state index is -0.583. The fourth-order valence-corrected chi connectivity index (χ4v) is 1.98. The molecule has 0 atom stereocenters.